The molecule has 0 bridgehead atoms. The van der Waals surface area contributed by atoms with Crippen LogP contribution in [0.1, 0.15) is 29.5 Å². The summed E-state index contributed by atoms with van der Waals surface area (Å²) in [5.74, 6) is 0.0879. The molecular weight excluding hydrogens is 284 g/mol. The minimum absolute atomic E-state index is 0.0879. The summed E-state index contributed by atoms with van der Waals surface area (Å²) < 4.78 is 0. The molecule has 3 nitrogen and oxygen atoms in total. The minimum atomic E-state index is 0.0879. The number of anilines is 1. The second kappa shape index (κ2) is 7.32. The fraction of sp³-hybridized carbons (Fsp3) is 0.350. The number of para-hydroxylation sites is 1. The van der Waals surface area contributed by atoms with Crippen molar-refractivity contribution in [2.24, 2.45) is 0 Å². The first-order chi connectivity index (χ1) is 11.2. The topological polar surface area (TPSA) is 32.3 Å². The van der Waals surface area contributed by atoms with Crippen molar-refractivity contribution in [1.82, 2.24) is 5.32 Å². The van der Waals surface area contributed by atoms with Crippen molar-refractivity contribution in [2.75, 3.05) is 18.0 Å². The zero-order chi connectivity index (χ0) is 16.1. The van der Waals surface area contributed by atoms with Crippen molar-refractivity contribution in [3.63, 3.8) is 0 Å². The van der Waals surface area contributed by atoms with Gasteiger partial charge in [0.15, 0.2) is 0 Å². The number of nitrogens with one attached hydrogen (secondary N) is 1. The van der Waals surface area contributed by atoms with Gasteiger partial charge in [0.2, 0.25) is 5.91 Å². The van der Waals surface area contributed by atoms with Crippen molar-refractivity contribution >= 4 is 11.6 Å². The molecule has 3 heteroatoms. The van der Waals surface area contributed by atoms with E-state index < -0.39 is 0 Å². The van der Waals surface area contributed by atoms with Crippen molar-refractivity contribution in [1.29, 1.82) is 0 Å². The normalized spacial score (nSPS) is 14.0. The van der Waals surface area contributed by atoms with Gasteiger partial charge in [0.25, 0.3) is 0 Å². The highest BCUT2D eigenvalue weighted by atomic mass is 16.2. The van der Waals surface area contributed by atoms with Crippen molar-refractivity contribution in [2.45, 2.75) is 32.7 Å². The fourth-order valence-electron chi connectivity index (χ4n) is 3.17. The Morgan fingerprint density at radius 3 is 2.74 bits per heavy atom. The van der Waals surface area contributed by atoms with Crippen LogP contribution >= 0.6 is 0 Å². The predicted molar refractivity (Wildman–Crippen MR) is 94.6 cm³/mol. The monoisotopic (exact) mass is 308 g/mol. The largest absolute Gasteiger partial charge is 0.362 e. The second-order valence-electron chi connectivity index (χ2n) is 6.21. The molecule has 0 atom stereocenters. The Morgan fingerprint density at radius 1 is 1.09 bits per heavy atom. The number of carbonyl (C=O) groups excluding carboxylic acids is 1. The highest BCUT2D eigenvalue weighted by Crippen LogP contribution is 2.25. The number of hydrogen-bond donors (Lipinski definition) is 1. The second-order valence-corrected chi connectivity index (χ2v) is 6.21. The third-order valence-electron chi connectivity index (χ3n) is 4.53. The Hall–Kier alpha value is -2.29. The first-order valence-corrected chi connectivity index (χ1v) is 8.38. The van der Waals surface area contributed by atoms with Crippen LogP contribution in [0.3, 0.4) is 0 Å². The van der Waals surface area contributed by atoms with Gasteiger partial charge in [-0.15, -0.1) is 0 Å². The highest BCUT2D eigenvalue weighted by Gasteiger charge is 2.17. The zero-order valence-electron chi connectivity index (χ0n) is 13.7. The molecule has 120 valence electrons. The van der Waals surface area contributed by atoms with Gasteiger partial charge in [-0.3, -0.25) is 4.79 Å². The van der Waals surface area contributed by atoms with Crippen molar-refractivity contribution < 1.29 is 4.79 Å². The molecule has 1 aliphatic heterocycles. The molecule has 0 spiro atoms. The Balaban J connectivity index is 1.63. The zero-order valence-corrected chi connectivity index (χ0v) is 13.7. The number of amides is 1. The van der Waals surface area contributed by atoms with E-state index in [1.165, 1.54) is 28.8 Å². The van der Waals surface area contributed by atoms with Crippen LogP contribution in [-0.2, 0) is 17.8 Å². The third kappa shape index (κ3) is 3.92. The molecule has 0 radical (unpaired) electrons. The molecule has 2 aromatic rings. The van der Waals surface area contributed by atoms with Crippen molar-refractivity contribution in [3.05, 3.63) is 65.2 Å². The Kier molecular flexibility index (Phi) is 4.96. The lowest BCUT2D eigenvalue weighted by Gasteiger charge is -2.24. The molecule has 1 aliphatic rings. The molecule has 0 aromatic heterocycles. The number of carbonyl (C=O) groups is 1. The maximum Gasteiger partial charge on any atom is 0.239 e. The molecule has 2 aromatic carbocycles. The third-order valence-corrected chi connectivity index (χ3v) is 4.53. The molecule has 23 heavy (non-hydrogen) atoms. The maximum atomic E-state index is 12.4. The van der Waals surface area contributed by atoms with E-state index in [1.54, 1.807) is 0 Å². The summed E-state index contributed by atoms with van der Waals surface area (Å²) >= 11 is 0. The van der Waals surface area contributed by atoms with E-state index in [0.717, 1.165) is 19.4 Å². The van der Waals surface area contributed by atoms with E-state index >= 15 is 0 Å². The number of hydrogen-bond acceptors (Lipinski definition) is 2. The van der Waals surface area contributed by atoms with E-state index in [1.807, 2.05) is 12.1 Å². The Bertz CT molecular complexity index is 681. The summed E-state index contributed by atoms with van der Waals surface area (Å²) in [4.78, 5) is 14.6. The SMILES string of the molecule is Cc1ccccc1CNC(=O)CN1CCCCc2ccccc21. The average Bonchev–Trinajstić information content (AvgIpc) is 2.77. The summed E-state index contributed by atoms with van der Waals surface area (Å²) in [7, 11) is 0. The van der Waals surface area contributed by atoms with E-state index in [9.17, 15) is 4.79 Å². The number of aryl methyl sites for hydroxylation is 2. The molecule has 0 fully saturated rings. The average molecular weight is 308 g/mol. The van der Waals surface area contributed by atoms with Crippen LogP contribution in [0.4, 0.5) is 5.69 Å². The van der Waals surface area contributed by atoms with E-state index in [4.69, 9.17) is 0 Å². The minimum Gasteiger partial charge on any atom is -0.362 e. The lowest BCUT2D eigenvalue weighted by Crippen LogP contribution is -2.37. The molecule has 0 saturated carbocycles. The molecule has 3 rings (SSSR count). The highest BCUT2D eigenvalue weighted by molar-refractivity contribution is 5.81. The number of benzene rings is 2. The summed E-state index contributed by atoms with van der Waals surface area (Å²) in [6.45, 7) is 4.06. The summed E-state index contributed by atoms with van der Waals surface area (Å²) in [6.07, 6.45) is 3.44. The quantitative estimate of drug-likeness (QED) is 0.938. The molecule has 1 N–H and O–H groups in total. The molecule has 1 heterocycles. The maximum absolute atomic E-state index is 12.4. The smallest absolute Gasteiger partial charge is 0.239 e. The number of fused-ring (bicyclic) bond motifs is 1. The van der Waals surface area contributed by atoms with Gasteiger partial charge in [-0.05, 0) is 48.9 Å². The standard InChI is InChI=1S/C20H24N2O/c1-16-8-2-3-11-18(16)14-21-20(23)15-22-13-7-6-10-17-9-4-5-12-19(17)22/h2-5,8-9,11-12H,6-7,10,13-15H2,1H3,(H,21,23). The lowest BCUT2D eigenvalue weighted by atomic mass is 10.1. The first-order valence-electron chi connectivity index (χ1n) is 8.38. The van der Waals surface area contributed by atoms with Gasteiger partial charge in [0.1, 0.15) is 0 Å². The Morgan fingerprint density at radius 2 is 1.87 bits per heavy atom. The Labute approximate surface area is 138 Å². The molecule has 0 saturated heterocycles. The first kappa shape index (κ1) is 15.6. The van der Waals surface area contributed by atoms with Gasteiger partial charge < -0.3 is 10.2 Å². The van der Waals surface area contributed by atoms with Crippen LogP contribution < -0.4 is 10.2 Å². The lowest BCUT2D eigenvalue weighted by molar-refractivity contribution is -0.119. The van der Waals surface area contributed by atoms with Crippen LogP contribution in [0.5, 0.6) is 0 Å². The van der Waals surface area contributed by atoms with Crippen LogP contribution in [0.15, 0.2) is 48.5 Å². The molecule has 1 amide bonds. The summed E-state index contributed by atoms with van der Waals surface area (Å²) in [5.41, 5.74) is 4.97. The molecule has 0 unspecified atom stereocenters. The van der Waals surface area contributed by atoms with E-state index in [2.05, 4.69) is 53.5 Å². The van der Waals surface area contributed by atoms with Gasteiger partial charge in [0, 0.05) is 18.8 Å². The van der Waals surface area contributed by atoms with Gasteiger partial charge in [-0.25, -0.2) is 0 Å². The predicted octanol–water partition coefficient (Wildman–Crippen LogP) is 3.45. The number of rotatable bonds is 4. The molecule has 0 aliphatic carbocycles. The summed E-state index contributed by atoms with van der Waals surface area (Å²) in [5, 5.41) is 3.06. The van der Waals surface area contributed by atoms with Gasteiger partial charge >= 0.3 is 0 Å². The fourth-order valence-corrected chi connectivity index (χ4v) is 3.17. The molecular formula is C20H24N2O. The van der Waals surface area contributed by atoms with E-state index in [0.29, 0.717) is 13.1 Å². The van der Waals surface area contributed by atoms with Crippen LogP contribution in [0.25, 0.3) is 0 Å². The van der Waals surface area contributed by atoms with Crippen LogP contribution in [0, 0.1) is 6.92 Å². The van der Waals surface area contributed by atoms with Crippen LogP contribution in [-0.4, -0.2) is 19.0 Å². The van der Waals surface area contributed by atoms with Gasteiger partial charge in [-0.2, -0.15) is 0 Å². The van der Waals surface area contributed by atoms with E-state index in [-0.39, 0.29) is 5.91 Å². The van der Waals surface area contributed by atoms with Gasteiger partial charge in [0.05, 0.1) is 6.54 Å². The summed E-state index contributed by atoms with van der Waals surface area (Å²) in [6, 6.07) is 16.6. The number of nitrogens with zero attached hydrogens (tertiary/aromatic N) is 1. The van der Waals surface area contributed by atoms with Gasteiger partial charge in [-0.1, -0.05) is 42.5 Å². The van der Waals surface area contributed by atoms with Crippen molar-refractivity contribution in [3.8, 4) is 0 Å². The van der Waals surface area contributed by atoms with Crippen LogP contribution in [0.2, 0.25) is 0 Å².